The fourth-order valence-corrected chi connectivity index (χ4v) is 2.40. The van der Waals surface area contributed by atoms with Crippen LogP contribution in [0.3, 0.4) is 0 Å². The summed E-state index contributed by atoms with van der Waals surface area (Å²) in [6.45, 7) is 1.78. The third kappa shape index (κ3) is 2.50. The predicted octanol–water partition coefficient (Wildman–Crippen LogP) is 3.66. The van der Waals surface area contributed by atoms with Crippen LogP contribution in [-0.4, -0.2) is 11.1 Å². The average Bonchev–Trinajstić information content (AvgIpc) is 3.16. The molecule has 3 aromatic rings. The highest BCUT2D eigenvalue weighted by molar-refractivity contribution is 7.13. The van der Waals surface area contributed by atoms with Gasteiger partial charge in [-0.15, -0.1) is 11.3 Å². The maximum atomic E-state index is 11.8. The van der Waals surface area contributed by atoms with Crippen molar-refractivity contribution in [1.82, 2.24) is 5.16 Å². The van der Waals surface area contributed by atoms with E-state index >= 15 is 0 Å². The Kier molecular flexibility index (Phi) is 3.39. The van der Waals surface area contributed by atoms with Crippen molar-refractivity contribution in [2.45, 2.75) is 13.5 Å². The first-order valence-electron chi connectivity index (χ1n) is 5.95. The van der Waals surface area contributed by atoms with Crippen molar-refractivity contribution in [2.75, 3.05) is 0 Å². The number of thiophene rings is 1. The normalized spacial score (nSPS) is 10.7. The molecule has 0 aliphatic rings. The number of hydrogen-bond acceptors (Lipinski definition) is 6. The fraction of sp³-hybridized carbons (Fsp3) is 0.143. The molecule has 0 saturated carbocycles. The maximum absolute atomic E-state index is 11.8. The highest BCUT2D eigenvalue weighted by Crippen LogP contribution is 2.25. The molecule has 0 aromatic carbocycles. The van der Waals surface area contributed by atoms with Crippen LogP contribution in [-0.2, 0) is 11.3 Å². The average molecular weight is 289 g/mol. The first-order chi connectivity index (χ1) is 9.74. The van der Waals surface area contributed by atoms with Gasteiger partial charge in [-0.05, 0) is 24.4 Å². The van der Waals surface area contributed by atoms with E-state index in [0.29, 0.717) is 22.8 Å². The molecule has 3 rings (SSSR count). The number of carbonyl (C=O) groups is 1. The minimum atomic E-state index is -0.433. The van der Waals surface area contributed by atoms with Gasteiger partial charge in [0.15, 0.2) is 5.76 Å². The van der Waals surface area contributed by atoms with Crippen molar-refractivity contribution in [2.24, 2.45) is 0 Å². The third-order valence-electron chi connectivity index (χ3n) is 2.75. The number of esters is 1. The maximum Gasteiger partial charge on any atom is 0.342 e. The summed E-state index contributed by atoms with van der Waals surface area (Å²) in [5.41, 5.74) is 0.995. The number of furan rings is 1. The monoisotopic (exact) mass is 289 g/mol. The van der Waals surface area contributed by atoms with Gasteiger partial charge in [-0.1, -0.05) is 11.2 Å². The molecule has 0 radical (unpaired) electrons. The first-order valence-corrected chi connectivity index (χ1v) is 6.82. The lowest BCUT2D eigenvalue weighted by Crippen LogP contribution is -2.05. The molecule has 6 heteroatoms. The Bertz CT molecular complexity index is 711. The second-order valence-electron chi connectivity index (χ2n) is 4.13. The van der Waals surface area contributed by atoms with E-state index < -0.39 is 5.97 Å². The van der Waals surface area contributed by atoms with E-state index in [1.54, 1.807) is 30.4 Å². The summed E-state index contributed by atoms with van der Waals surface area (Å²) in [6.07, 6.45) is 1.46. The molecule has 0 aliphatic carbocycles. The molecule has 0 amide bonds. The van der Waals surface area contributed by atoms with Crippen LogP contribution < -0.4 is 0 Å². The fourth-order valence-electron chi connectivity index (χ4n) is 1.73. The molecule has 5 nitrogen and oxygen atoms in total. The predicted molar refractivity (Wildman–Crippen MR) is 72.4 cm³/mol. The molecule has 3 aromatic heterocycles. The zero-order valence-electron chi connectivity index (χ0n) is 10.7. The lowest BCUT2D eigenvalue weighted by atomic mass is 10.3. The minimum Gasteiger partial charge on any atom is -0.469 e. The SMILES string of the molecule is Cc1occc1C(=O)OCc1cc(-c2cccs2)on1. The van der Waals surface area contributed by atoms with Crippen LogP contribution in [0, 0.1) is 6.92 Å². The zero-order valence-corrected chi connectivity index (χ0v) is 11.5. The van der Waals surface area contributed by atoms with Gasteiger partial charge in [0.2, 0.25) is 0 Å². The highest BCUT2D eigenvalue weighted by atomic mass is 32.1. The first kappa shape index (κ1) is 12.7. The molecule has 0 saturated heterocycles. The van der Waals surface area contributed by atoms with Gasteiger partial charge in [-0.2, -0.15) is 0 Å². The number of aryl methyl sites for hydroxylation is 1. The van der Waals surface area contributed by atoms with Crippen LogP contribution in [0.5, 0.6) is 0 Å². The van der Waals surface area contributed by atoms with Crippen molar-refractivity contribution in [3.8, 4) is 10.6 Å². The summed E-state index contributed by atoms with van der Waals surface area (Å²) in [7, 11) is 0. The highest BCUT2D eigenvalue weighted by Gasteiger charge is 2.14. The van der Waals surface area contributed by atoms with Crippen LogP contribution in [0.1, 0.15) is 21.8 Å². The molecule has 0 aliphatic heterocycles. The second-order valence-corrected chi connectivity index (χ2v) is 5.07. The van der Waals surface area contributed by atoms with E-state index in [1.807, 2.05) is 17.5 Å². The van der Waals surface area contributed by atoms with Crippen molar-refractivity contribution in [3.05, 3.63) is 52.9 Å². The number of carbonyl (C=O) groups excluding carboxylic acids is 1. The van der Waals surface area contributed by atoms with E-state index in [2.05, 4.69) is 5.16 Å². The number of aromatic nitrogens is 1. The molecular weight excluding hydrogens is 278 g/mol. The van der Waals surface area contributed by atoms with Crippen molar-refractivity contribution in [1.29, 1.82) is 0 Å². The number of nitrogens with zero attached hydrogens (tertiary/aromatic N) is 1. The van der Waals surface area contributed by atoms with E-state index in [9.17, 15) is 4.79 Å². The van der Waals surface area contributed by atoms with E-state index in [1.165, 1.54) is 6.26 Å². The van der Waals surface area contributed by atoms with Crippen LogP contribution in [0.4, 0.5) is 0 Å². The van der Waals surface area contributed by atoms with Crippen LogP contribution in [0.2, 0.25) is 0 Å². The van der Waals surface area contributed by atoms with Gasteiger partial charge in [0.25, 0.3) is 0 Å². The summed E-state index contributed by atoms with van der Waals surface area (Å²) in [5, 5.41) is 5.84. The Morgan fingerprint density at radius 2 is 2.35 bits per heavy atom. The minimum absolute atomic E-state index is 0.0678. The smallest absolute Gasteiger partial charge is 0.342 e. The largest absolute Gasteiger partial charge is 0.469 e. The van der Waals surface area contributed by atoms with E-state index in [4.69, 9.17) is 13.7 Å². The van der Waals surface area contributed by atoms with E-state index in [0.717, 1.165) is 4.88 Å². The van der Waals surface area contributed by atoms with Crippen molar-refractivity contribution >= 4 is 17.3 Å². The van der Waals surface area contributed by atoms with Gasteiger partial charge in [0.1, 0.15) is 23.6 Å². The lowest BCUT2D eigenvalue weighted by Gasteiger charge is -2.00. The quantitative estimate of drug-likeness (QED) is 0.686. The number of ether oxygens (including phenoxy) is 1. The third-order valence-corrected chi connectivity index (χ3v) is 3.64. The molecule has 0 N–H and O–H groups in total. The molecule has 0 spiro atoms. The van der Waals surface area contributed by atoms with Crippen molar-refractivity contribution < 1.29 is 18.5 Å². The van der Waals surface area contributed by atoms with Gasteiger partial charge >= 0.3 is 5.97 Å². The second kappa shape index (κ2) is 5.34. The molecule has 0 bridgehead atoms. The molecule has 0 atom stereocenters. The Morgan fingerprint density at radius 1 is 1.45 bits per heavy atom. The van der Waals surface area contributed by atoms with Crippen LogP contribution in [0.15, 0.2) is 44.8 Å². The Hall–Kier alpha value is -2.34. The molecule has 0 unspecified atom stereocenters. The Morgan fingerprint density at radius 3 is 3.05 bits per heavy atom. The summed E-state index contributed by atoms with van der Waals surface area (Å²) >= 11 is 1.56. The summed E-state index contributed by atoms with van der Waals surface area (Å²) in [4.78, 5) is 12.8. The Balaban J connectivity index is 1.65. The molecule has 102 valence electrons. The van der Waals surface area contributed by atoms with Gasteiger partial charge in [0, 0.05) is 6.07 Å². The topological polar surface area (TPSA) is 65.5 Å². The van der Waals surface area contributed by atoms with Gasteiger partial charge in [-0.25, -0.2) is 4.79 Å². The standard InChI is InChI=1S/C14H11NO4S/c1-9-11(4-5-17-9)14(16)18-8-10-7-12(19-15-10)13-3-2-6-20-13/h2-7H,8H2,1H3. The van der Waals surface area contributed by atoms with Crippen LogP contribution >= 0.6 is 11.3 Å². The lowest BCUT2D eigenvalue weighted by molar-refractivity contribution is 0.0462. The van der Waals surface area contributed by atoms with Gasteiger partial charge in [0.05, 0.1) is 11.1 Å². The summed E-state index contributed by atoms with van der Waals surface area (Å²) < 4.78 is 15.4. The van der Waals surface area contributed by atoms with Crippen LogP contribution in [0.25, 0.3) is 10.6 Å². The summed E-state index contributed by atoms with van der Waals surface area (Å²) in [6, 6.07) is 7.22. The molecule has 0 fully saturated rings. The summed E-state index contributed by atoms with van der Waals surface area (Å²) in [5.74, 6) is 0.775. The molecule has 3 heterocycles. The van der Waals surface area contributed by atoms with Gasteiger partial charge < -0.3 is 13.7 Å². The number of hydrogen-bond donors (Lipinski definition) is 0. The molecule has 20 heavy (non-hydrogen) atoms. The number of rotatable bonds is 4. The van der Waals surface area contributed by atoms with Crippen molar-refractivity contribution in [3.63, 3.8) is 0 Å². The van der Waals surface area contributed by atoms with Gasteiger partial charge in [-0.3, -0.25) is 0 Å². The molecular formula is C14H11NO4S. The Labute approximate surface area is 118 Å². The van der Waals surface area contributed by atoms with E-state index in [-0.39, 0.29) is 6.61 Å². The zero-order chi connectivity index (χ0) is 13.9.